The zero-order valence-corrected chi connectivity index (χ0v) is 18.2. The Balaban J connectivity index is 1.66. The van der Waals surface area contributed by atoms with E-state index in [2.05, 4.69) is 10.0 Å². The van der Waals surface area contributed by atoms with Crippen LogP contribution in [0.5, 0.6) is 0 Å². The third kappa shape index (κ3) is 6.21. The summed E-state index contributed by atoms with van der Waals surface area (Å²) >= 11 is 5.84. The number of amides is 1. The molecule has 156 valence electrons. The number of hydrogen-bond donors (Lipinski definition) is 2. The molecule has 0 unspecified atom stereocenters. The molecule has 0 radical (unpaired) electrons. The minimum absolute atomic E-state index is 0.0705. The van der Waals surface area contributed by atoms with Crippen molar-refractivity contribution in [3.8, 4) is 0 Å². The minimum Gasteiger partial charge on any atom is -0.326 e. The van der Waals surface area contributed by atoms with Gasteiger partial charge in [-0.2, -0.15) is 0 Å². The highest BCUT2D eigenvalue weighted by Gasteiger charge is 2.18. The molecular formula is C22H27ClN2O3S. The van der Waals surface area contributed by atoms with Gasteiger partial charge in [-0.1, -0.05) is 49.8 Å². The van der Waals surface area contributed by atoms with E-state index >= 15 is 0 Å². The average Bonchev–Trinajstić information content (AvgIpc) is 2.70. The molecule has 7 heteroatoms. The number of anilines is 2. The van der Waals surface area contributed by atoms with Crippen LogP contribution < -0.4 is 10.0 Å². The van der Waals surface area contributed by atoms with Crippen LogP contribution in [0.25, 0.3) is 0 Å². The number of halogens is 1. The first kappa shape index (κ1) is 21.7. The molecule has 1 fully saturated rings. The van der Waals surface area contributed by atoms with Crippen LogP contribution in [0.15, 0.2) is 47.4 Å². The fourth-order valence-corrected chi connectivity index (χ4v) is 4.87. The Hall–Kier alpha value is -2.05. The SMILES string of the molecule is Cc1ccc(S(=O)(=O)Nc2ccc(Cl)cc2)cc1NC(=O)CCC1CCCCC1. The Labute approximate surface area is 177 Å². The molecular weight excluding hydrogens is 408 g/mol. The molecule has 0 bridgehead atoms. The van der Waals surface area contributed by atoms with Gasteiger partial charge >= 0.3 is 0 Å². The first-order valence-corrected chi connectivity index (χ1v) is 11.9. The first-order chi connectivity index (χ1) is 13.8. The number of nitrogens with one attached hydrogen (secondary N) is 2. The normalized spacial score (nSPS) is 15.1. The lowest BCUT2D eigenvalue weighted by Crippen LogP contribution is -2.17. The number of carbonyl (C=O) groups excluding carboxylic acids is 1. The van der Waals surface area contributed by atoms with E-state index in [0.29, 0.717) is 28.7 Å². The highest BCUT2D eigenvalue weighted by molar-refractivity contribution is 7.92. The fourth-order valence-electron chi connectivity index (χ4n) is 3.66. The maximum atomic E-state index is 12.7. The number of aryl methyl sites for hydroxylation is 1. The molecule has 1 amide bonds. The van der Waals surface area contributed by atoms with Gasteiger partial charge in [-0.25, -0.2) is 8.42 Å². The minimum atomic E-state index is -3.78. The smallest absolute Gasteiger partial charge is 0.261 e. The monoisotopic (exact) mass is 434 g/mol. The number of hydrogen-bond acceptors (Lipinski definition) is 3. The van der Waals surface area contributed by atoms with E-state index in [4.69, 9.17) is 11.6 Å². The van der Waals surface area contributed by atoms with Gasteiger partial charge in [0, 0.05) is 22.8 Å². The summed E-state index contributed by atoms with van der Waals surface area (Å²) in [7, 11) is -3.78. The topological polar surface area (TPSA) is 75.3 Å². The van der Waals surface area contributed by atoms with Crippen LogP contribution in [-0.4, -0.2) is 14.3 Å². The molecule has 2 aromatic carbocycles. The lowest BCUT2D eigenvalue weighted by atomic mass is 9.86. The van der Waals surface area contributed by atoms with Gasteiger partial charge in [-0.15, -0.1) is 0 Å². The van der Waals surface area contributed by atoms with Crippen molar-refractivity contribution in [3.63, 3.8) is 0 Å². The maximum Gasteiger partial charge on any atom is 0.261 e. The highest BCUT2D eigenvalue weighted by atomic mass is 35.5. The molecule has 0 aromatic heterocycles. The van der Waals surface area contributed by atoms with Crippen molar-refractivity contribution in [2.75, 3.05) is 10.0 Å². The molecule has 0 heterocycles. The Bertz CT molecular complexity index is 953. The van der Waals surface area contributed by atoms with Crippen LogP contribution in [0, 0.1) is 12.8 Å². The molecule has 1 saturated carbocycles. The van der Waals surface area contributed by atoms with Crippen LogP contribution in [-0.2, 0) is 14.8 Å². The quantitative estimate of drug-likeness (QED) is 0.582. The molecule has 0 aliphatic heterocycles. The molecule has 0 spiro atoms. The Morgan fingerprint density at radius 3 is 2.45 bits per heavy atom. The summed E-state index contributed by atoms with van der Waals surface area (Å²) in [5.41, 5.74) is 1.77. The molecule has 3 rings (SSSR count). The zero-order valence-electron chi connectivity index (χ0n) is 16.6. The molecule has 2 aromatic rings. The van der Waals surface area contributed by atoms with E-state index < -0.39 is 10.0 Å². The van der Waals surface area contributed by atoms with E-state index in [1.807, 2.05) is 6.92 Å². The second kappa shape index (κ2) is 9.63. The largest absolute Gasteiger partial charge is 0.326 e. The predicted molar refractivity (Wildman–Crippen MR) is 118 cm³/mol. The Kier molecular flexibility index (Phi) is 7.19. The fraction of sp³-hybridized carbons (Fsp3) is 0.409. The van der Waals surface area contributed by atoms with E-state index in [1.54, 1.807) is 30.3 Å². The molecule has 1 aliphatic carbocycles. The maximum absolute atomic E-state index is 12.7. The predicted octanol–water partition coefficient (Wildman–Crippen LogP) is 5.75. The Morgan fingerprint density at radius 2 is 1.76 bits per heavy atom. The Morgan fingerprint density at radius 1 is 1.07 bits per heavy atom. The van der Waals surface area contributed by atoms with E-state index in [9.17, 15) is 13.2 Å². The molecule has 1 aliphatic rings. The van der Waals surface area contributed by atoms with Gasteiger partial charge in [0.05, 0.1) is 4.90 Å². The first-order valence-electron chi connectivity index (χ1n) is 10.0. The number of rotatable bonds is 7. The molecule has 0 atom stereocenters. The lowest BCUT2D eigenvalue weighted by Gasteiger charge is -2.21. The molecule has 0 saturated heterocycles. The molecule has 2 N–H and O–H groups in total. The van der Waals surface area contributed by atoms with Gasteiger partial charge < -0.3 is 5.32 Å². The van der Waals surface area contributed by atoms with Crippen LogP contribution >= 0.6 is 11.6 Å². The van der Waals surface area contributed by atoms with Gasteiger partial charge in [-0.3, -0.25) is 9.52 Å². The summed E-state index contributed by atoms with van der Waals surface area (Å²) in [6.45, 7) is 1.85. The zero-order chi connectivity index (χ0) is 20.9. The summed E-state index contributed by atoms with van der Waals surface area (Å²) in [5, 5.41) is 3.41. The second-order valence-corrected chi connectivity index (χ2v) is 9.80. The van der Waals surface area contributed by atoms with E-state index in [0.717, 1.165) is 12.0 Å². The van der Waals surface area contributed by atoms with Gasteiger partial charge in [0.15, 0.2) is 0 Å². The lowest BCUT2D eigenvalue weighted by molar-refractivity contribution is -0.116. The van der Waals surface area contributed by atoms with Crippen molar-refractivity contribution in [1.29, 1.82) is 0 Å². The summed E-state index contributed by atoms with van der Waals surface area (Å²) in [6, 6.07) is 11.2. The third-order valence-electron chi connectivity index (χ3n) is 5.39. The van der Waals surface area contributed by atoms with Crippen molar-refractivity contribution >= 4 is 38.9 Å². The summed E-state index contributed by atoms with van der Waals surface area (Å²) in [6.07, 6.45) is 7.57. The van der Waals surface area contributed by atoms with Gasteiger partial charge in [0.2, 0.25) is 5.91 Å². The average molecular weight is 435 g/mol. The van der Waals surface area contributed by atoms with Crippen LogP contribution in [0.2, 0.25) is 5.02 Å². The standard InChI is InChI=1S/C22H27ClN2O3S/c1-16-7-13-20(29(27,28)25-19-11-9-18(23)10-12-19)15-21(16)24-22(26)14-8-17-5-3-2-4-6-17/h7,9-13,15,17,25H,2-6,8,14H2,1H3,(H,24,26). The van der Waals surface area contributed by atoms with Gasteiger partial charge in [0.25, 0.3) is 10.0 Å². The van der Waals surface area contributed by atoms with Crippen molar-refractivity contribution in [2.24, 2.45) is 5.92 Å². The van der Waals surface area contributed by atoms with E-state index in [-0.39, 0.29) is 10.8 Å². The van der Waals surface area contributed by atoms with Crippen LogP contribution in [0.3, 0.4) is 0 Å². The summed E-state index contributed by atoms with van der Waals surface area (Å²) in [4.78, 5) is 12.5. The summed E-state index contributed by atoms with van der Waals surface area (Å²) < 4.78 is 28.0. The van der Waals surface area contributed by atoms with E-state index in [1.165, 1.54) is 44.2 Å². The van der Waals surface area contributed by atoms with Gasteiger partial charge in [-0.05, 0) is 61.2 Å². The van der Waals surface area contributed by atoms with Crippen molar-refractivity contribution < 1.29 is 13.2 Å². The summed E-state index contributed by atoms with van der Waals surface area (Å²) in [5.74, 6) is 0.560. The van der Waals surface area contributed by atoms with Crippen molar-refractivity contribution in [1.82, 2.24) is 0 Å². The third-order valence-corrected chi connectivity index (χ3v) is 7.03. The van der Waals surface area contributed by atoms with Crippen molar-refractivity contribution in [2.45, 2.75) is 56.8 Å². The number of carbonyl (C=O) groups is 1. The second-order valence-electron chi connectivity index (χ2n) is 7.68. The van der Waals surface area contributed by atoms with Gasteiger partial charge in [0.1, 0.15) is 0 Å². The molecule has 5 nitrogen and oxygen atoms in total. The number of benzene rings is 2. The highest BCUT2D eigenvalue weighted by Crippen LogP contribution is 2.28. The van der Waals surface area contributed by atoms with Crippen LogP contribution in [0.1, 0.15) is 50.5 Å². The van der Waals surface area contributed by atoms with Crippen LogP contribution in [0.4, 0.5) is 11.4 Å². The molecule has 29 heavy (non-hydrogen) atoms. The number of sulfonamides is 1. The van der Waals surface area contributed by atoms with Crippen molar-refractivity contribution in [3.05, 3.63) is 53.1 Å².